The average Bonchev–Trinajstić information content (AvgIpc) is 3.29. The van der Waals surface area contributed by atoms with Crippen molar-refractivity contribution in [1.29, 1.82) is 0 Å². The largest absolute Gasteiger partial charge is 0.379 e. The van der Waals surface area contributed by atoms with Crippen molar-refractivity contribution in [2.24, 2.45) is 0 Å². The molecule has 10 heteroatoms. The van der Waals surface area contributed by atoms with E-state index in [2.05, 4.69) is 20.5 Å². The molecule has 1 aliphatic carbocycles. The summed E-state index contributed by atoms with van der Waals surface area (Å²) in [5, 5.41) is 6.21. The lowest BCUT2D eigenvalue weighted by molar-refractivity contribution is -0.114. The SMILES string of the molecule is CC(=O)Nc1ccc(NC(=O)CSc2nc(=O)n(CCN3CCOCC3)c3c2CCC3)cc1. The number of amides is 2. The van der Waals surface area contributed by atoms with Crippen LogP contribution in [0.25, 0.3) is 0 Å². The summed E-state index contributed by atoms with van der Waals surface area (Å²) in [6, 6.07) is 6.93. The maximum absolute atomic E-state index is 12.8. The number of fused-ring (bicyclic) bond motifs is 1. The molecule has 2 aromatic rings. The Morgan fingerprint density at radius 2 is 1.76 bits per heavy atom. The first-order valence-electron chi connectivity index (χ1n) is 11.2. The molecule has 4 rings (SSSR count). The van der Waals surface area contributed by atoms with Gasteiger partial charge in [-0.2, -0.15) is 4.98 Å². The minimum Gasteiger partial charge on any atom is -0.379 e. The predicted octanol–water partition coefficient (Wildman–Crippen LogP) is 1.75. The Morgan fingerprint density at radius 1 is 1.06 bits per heavy atom. The van der Waals surface area contributed by atoms with Gasteiger partial charge in [-0.25, -0.2) is 4.79 Å². The van der Waals surface area contributed by atoms with Crippen molar-refractivity contribution in [1.82, 2.24) is 14.5 Å². The monoisotopic (exact) mass is 471 g/mol. The summed E-state index contributed by atoms with van der Waals surface area (Å²) >= 11 is 1.31. The standard InChI is InChI=1S/C23H29N5O4S/c1-16(29)24-17-5-7-18(8-6-17)25-21(30)15-33-22-19-3-2-4-20(19)28(23(31)26-22)10-9-27-11-13-32-14-12-27/h5-8H,2-4,9-15H2,1H3,(H,24,29)(H,25,30). The molecule has 0 radical (unpaired) electrons. The average molecular weight is 472 g/mol. The quantitative estimate of drug-likeness (QED) is 0.446. The smallest absolute Gasteiger partial charge is 0.348 e. The second-order valence-corrected chi connectivity index (χ2v) is 9.14. The lowest BCUT2D eigenvalue weighted by atomic mass is 10.2. The molecule has 2 amide bonds. The van der Waals surface area contributed by atoms with Crippen LogP contribution in [0.1, 0.15) is 24.6 Å². The molecule has 33 heavy (non-hydrogen) atoms. The number of thioether (sulfide) groups is 1. The minimum absolute atomic E-state index is 0.147. The fourth-order valence-electron chi connectivity index (χ4n) is 4.17. The summed E-state index contributed by atoms with van der Waals surface area (Å²) < 4.78 is 7.21. The van der Waals surface area contributed by atoms with Gasteiger partial charge in [-0.1, -0.05) is 11.8 Å². The highest BCUT2D eigenvalue weighted by Crippen LogP contribution is 2.29. The molecule has 9 nitrogen and oxygen atoms in total. The van der Waals surface area contributed by atoms with Crippen LogP contribution in [0.5, 0.6) is 0 Å². The van der Waals surface area contributed by atoms with E-state index in [4.69, 9.17) is 4.74 Å². The molecule has 0 unspecified atom stereocenters. The van der Waals surface area contributed by atoms with Crippen molar-refractivity contribution in [2.75, 3.05) is 49.2 Å². The van der Waals surface area contributed by atoms with Crippen molar-refractivity contribution in [3.05, 3.63) is 46.0 Å². The normalized spacial score (nSPS) is 15.8. The van der Waals surface area contributed by atoms with Gasteiger partial charge in [0.05, 0.1) is 19.0 Å². The molecule has 0 saturated carbocycles. The van der Waals surface area contributed by atoms with E-state index < -0.39 is 0 Å². The third kappa shape index (κ3) is 6.21. The van der Waals surface area contributed by atoms with Crippen molar-refractivity contribution >= 4 is 35.0 Å². The number of nitrogens with one attached hydrogen (secondary N) is 2. The maximum Gasteiger partial charge on any atom is 0.348 e. The van der Waals surface area contributed by atoms with Crippen molar-refractivity contribution < 1.29 is 14.3 Å². The highest BCUT2D eigenvalue weighted by molar-refractivity contribution is 8.00. The van der Waals surface area contributed by atoms with Crippen LogP contribution in [-0.2, 0) is 33.7 Å². The summed E-state index contributed by atoms with van der Waals surface area (Å²) in [4.78, 5) is 43.0. The number of morpholine rings is 1. The van der Waals surface area contributed by atoms with Gasteiger partial charge in [-0.05, 0) is 43.5 Å². The second-order valence-electron chi connectivity index (χ2n) is 8.18. The number of carbonyl (C=O) groups excluding carboxylic acids is 2. The number of hydrogen-bond donors (Lipinski definition) is 2. The van der Waals surface area contributed by atoms with Gasteiger partial charge in [0, 0.05) is 55.7 Å². The Hall–Kier alpha value is -2.69. The Balaban J connectivity index is 1.36. The van der Waals surface area contributed by atoms with Crippen molar-refractivity contribution in [3.8, 4) is 0 Å². The van der Waals surface area contributed by atoms with E-state index >= 15 is 0 Å². The fourth-order valence-corrected chi connectivity index (χ4v) is 5.05. The lowest BCUT2D eigenvalue weighted by Crippen LogP contribution is -2.40. The Bertz CT molecular complexity index is 1060. The fraction of sp³-hybridized carbons (Fsp3) is 0.478. The first-order valence-corrected chi connectivity index (χ1v) is 12.2. The predicted molar refractivity (Wildman–Crippen MR) is 128 cm³/mol. The van der Waals surface area contributed by atoms with E-state index in [1.807, 2.05) is 4.57 Å². The highest BCUT2D eigenvalue weighted by atomic mass is 32.2. The molecule has 1 aliphatic heterocycles. The van der Waals surface area contributed by atoms with E-state index in [1.165, 1.54) is 18.7 Å². The topological polar surface area (TPSA) is 106 Å². The summed E-state index contributed by atoms with van der Waals surface area (Å²) in [5.74, 6) is -0.145. The molecule has 1 fully saturated rings. The summed E-state index contributed by atoms with van der Waals surface area (Å²) in [5.41, 5.74) is 3.25. The van der Waals surface area contributed by atoms with Crippen molar-refractivity contribution in [3.63, 3.8) is 0 Å². The third-order valence-corrected chi connectivity index (χ3v) is 6.79. The van der Waals surface area contributed by atoms with Gasteiger partial charge in [-0.15, -0.1) is 0 Å². The molecule has 0 atom stereocenters. The van der Waals surface area contributed by atoms with E-state index in [1.54, 1.807) is 24.3 Å². The van der Waals surface area contributed by atoms with E-state index in [0.29, 0.717) is 22.9 Å². The van der Waals surface area contributed by atoms with Crippen molar-refractivity contribution in [2.45, 2.75) is 37.8 Å². The Morgan fingerprint density at radius 3 is 2.45 bits per heavy atom. The lowest BCUT2D eigenvalue weighted by Gasteiger charge is -2.27. The zero-order valence-corrected chi connectivity index (χ0v) is 19.6. The number of carbonyl (C=O) groups is 2. The van der Waals surface area contributed by atoms with Crippen LogP contribution in [0.4, 0.5) is 11.4 Å². The summed E-state index contributed by atoms with van der Waals surface area (Å²) in [6.45, 7) is 6.15. The van der Waals surface area contributed by atoms with Crippen LogP contribution in [0, 0.1) is 0 Å². The molecular weight excluding hydrogens is 442 g/mol. The van der Waals surface area contributed by atoms with Gasteiger partial charge < -0.3 is 15.4 Å². The van der Waals surface area contributed by atoms with E-state index in [9.17, 15) is 14.4 Å². The molecular formula is C23H29N5O4S. The zero-order chi connectivity index (χ0) is 23.2. The summed E-state index contributed by atoms with van der Waals surface area (Å²) in [6.07, 6.45) is 2.75. The highest BCUT2D eigenvalue weighted by Gasteiger charge is 2.23. The Labute approximate surface area is 196 Å². The van der Waals surface area contributed by atoms with Crippen LogP contribution in [-0.4, -0.2) is 64.9 Å². The number of rotatable bonds is 8. The van der Waals surface area contributed by atoms with Crippen LogP contribution in [0.15, 0.2) is 34.1 Å². The minimum atomic E-state index is -0.236. The van der Waals surface area contributed by atoms with Crippen LogP contribution < -0.4 is 16.3 Å². The number of ether oxygens (including phenoxy) is 1. The van der Waals surface area contributed by atoms with Gasteiger partial charge in [-0.3, -0.25) is 19.1 Å². The summed E-state index contributed by atoms with van der Waals surface area (Å²) in [7, 11) is 0. The number of hydrogen-bond acceptors (Lipinski definition) is 7. The second kappa shape index (κ2) is 11.0. The Kier molecular flexibility index (Phi) is 7.79. The zero-order valence-electron chi connectivity index (χ0n) is 18.8. The molecule has 1 aromatic carbocycles. The van der Waals surface area contributed by atoms with Crippen LogP contribution >= 0.6 is 11.8 Å². The molecule has 2 N–H and O–H groups in total. The molecule has 0 bridgehead atoms. The number of anilines is 2. The van der Waals surface area contributed by atoms with E-state index in [-0.39, 0.29) is 23.3 Å². The van der Waals surface area contributed by atoms with Gasteiger partial charge >= 0.3 is 5.69 Å². The molecule has 0 spiro atoms. The van der Waals surface area contributed by atoms with Crippen LogP contribution in [0.2, 0.25) is 0 Å². The van der Waals surface area contributed by atoms with Crippen LogP contribution in [0.3, 0.4) is 0 Å². The molecule has 2 heterocycles. The van der Waals surface area contributed by atoms with Gasteiger partial charge in [0.2, 0.25) is 11.8 Å². The van der Waals surface area contributed by atoms with E-state index in [0.717, 1.165) is 63.4 Å². The van der Waals surface area contributed by atoms with Gasteiger partial charge in [0.15, 0.2) is 0 Å². The number of nitrogens with zero attached hydrogens (tertiary/aromatic N) is 3. The molecule has 176 valence electrons. The number of aromatic nitrogens is 2. The van der Waals surface area contributed by atoms with Gasteiger partial charge in [0.1, 0.15) is 5.03 Å². The third-order valence-electron chi connectivity index (χ3n) is 5.77. The first kappa shape index (κ1) is 23.5. The molecule has 2 aliphatic rings. The first-order chi connectivity index (χ1) is 16.0. The maximum atomic E-state index is 12.8. The molecule has 1 aromatic heterocycles. The number of benzene rings is 1. The molecule has 1 saturated heterocycles. The van der Waals surface area contributed by atoms with Gasteiger partial charge in [0.25, 0.3) is 0 Å².